The van der Waals surface area contributed by atoms with Crippen LogP contribution in [-0.4, -0.2) is 29.6 Å². The van der Waals surface area contributed by atoms with Crippen molar-refractivity contribution in [3.63, 3.8) is 0 Å². The Morgan fingerprint density at radius 2 is 1.77 bits per heavy atom. The number of hydrogen-bond donors (Lipinski definition) is 1. The van der Waals surface area contributed by atoms with Gasteiger partial charge in [-0.2, -0.15) is 13.2 Å². The molecule has 0 bridgehead atoms. The van der Waals surface area contributed by atoms with E-state index in [1.54, 1.807) is 0 Å². The summed E-state index contributed by atoms with van der Waals surface area (Å²) in [5.41, 5.74) is 0.426. The number of aliphatic hydroxyl groups is 1. The zero-order chi connectivity index (χ0) is 16.0. The van der Waals surface area contributed by atoms with Crippen LogP contribution in [0.25, 0.3) is 0 Å². The molecular weight excluding hydrogens is 291 g/mol. The molecule has 2 unspecified atom stereocenters. The molecule has 122 valence electrons. The summed E-state index contributed by atoms with van der Waals surface area (Å²) in [5, 5.41) is 10.2. The molecule has 2 atom stereocenters. The SMILES string of the molecule is CC1CC12CCN(CC(O)c1ccc(C(F)(F)F)cc1)CC2. The van der Waals surface area contributed by atoms with Gasteiger partial charge in [-0.25, -0.2) is 0 Å². The van der Waals surface area contributed by atoms with E-state index < -0.39 is 17.8 Å². The van der Waals surface area contributed by atoms with E-state index in [1.807, 2.05) is 0 Å². The minimum atomic E-state index is -4.33. The van der Waals surface area contributed by atoms with Crippen LogP contribution < -0.4 is 0 Å². The third-order valence-electron chi connectivity index (χ3n) is 5.50. The fourth-order valence-corrected chi connectivity index (χ4v) is 3.67. The molecule has 5 heteroatoms. The molecule has 1 aromatic carbocycles. The quantitative estimate of drug-likeness (QED) is 0.916. The summed E-state index contributed by atoms with van der Waals surface area (Å²) in [6.07, 6.45) is -1.39. The molecule has 1 saturated heterocycles. The van der Waals surface area contributed by atoms with Crippen molar-refractivity contribution in [3.8, 4) is 0 Å². The fraction of sp³-hybridized carbons (Fsp3) is 0.647. The van der Waals surface area contributed by atoms with Crippen molar-refractivity contribution in [2.24, 2.45) is 11.3 Å². The molecule has 2 nitrogen and oxygen atoms in total. The molecule has 0 radical (unpaired) electrons. The second-order valence-corrected chi connectivity index (χ2v) is 6.90. The van der Waals surface area contributed by atoms with E-state index in [0.717, 1.165) is 31.1 Å². The predicted octanol–water partition coefficient (Wildman–Crippen LogP) is 3.86. The molecular formula is C17H22F3NO. The molecule has 2 fully saturated rings. The van der Waals surface area contributed by atoms with Gasteiger partial charge in [0.05, 0.1) is 11.7 Å². The third kappa shape index (κ3) is 3.15. The topological polar surface area (TPSA) is 23.5 Å². The Morgan fingerprint density at radius 3 is 2.23 bits per heavy atom. The van der Waals surface area contributed by atoms with Crippen LogP contribution in [0.2, 0.25) is 0 Å². The third-order valence-corrected chi connectivity index (χ3v) is 5.50. The van der Waals surface area contributed by atoms with E-state index in [0.29, 0.717) is 17.5 Å². The monoisotopic (exact) mass is 313 g/mol. The Hall–Kier alpha value is -1.07. The maximum absolute atomic E-state index is 12.5. The summed E-state index contributed by atoms with van der Waals surface area (Å²) in [6, 6.07) is 4.83. The minimum Gasteiger partial charge on any atom is -0.387 e. The summed E-state index contributed by atoms with van der Waals surface area (Å²) in [5.74, 6) is 0.828. The summed E-state index contributed by atoms with van der Waals surface area (Å²) in [7, 11) is 0. The van der Waals surface area contributed by atoms with Crippen LogP contribution in [0.1, 0.15) is 43.4 Å². The number of β-amino-alcohol motifs (C(OH)–C–C–N with tert-alkyl or cyclic N) is 1. The first-order valence-corrected chi connectivity index (χ1v) is 7.88. The molecule has 3 rings (SSSR count). The molecule has 22 heavy (non-hydrogen) atoms. The number of alkyl halides is 3. The molecule has 1 aliphatic heterocycles. The van der Waals surface area contributed by atoms with Crippen molar-refractivity contribution in [2.75, 3.05) is 19.6 Å². The van der Waals surface area contributed by atoms with Crippen molar-refractivity contribution in [1.82, 2.24) is 4.90 Å². The van der Waals surface area contributed by atoms with Gasteiger partial charge in [0.1, 0.15) is 0 Å². The highest BCUT2D eigenvalue weighted by atomic mass is 19.4. The Balaban J connectivity index is 1.55. The maximum Gasteiger partial charge on any atom is 0.416 e. The molecule has 1 spiro atoms. The number of nitrogens with zero attached hydrogens (tertiary/aromatic N) is 1. The zero-order valence-corrected chi connectivity index (χ0v) is 12.7. The normalized spacial score (nSPS) is 26.1. The van der Waals surface area contributed by atoms with Crippen molar-refractivity contribution in [2.45, 2.75) is 38.5 Å². The van der Waals surface area contributed by atoms with Crippen molar-refractivity contribution >= 4 is 0 Å². The highest BCUT2D eigenvalue weighted by molar-refractivity contribution is 5.26. The Labute approximate surface area is 128 Å². The van der Waals surface area contributed by atoms with Gasteiger partial charge in [-0.3, -0.25) is 0 Å². The van der Waals surface area contributed by atoms with Crippen LogP contribution in [0, 0.1) is 11.3 Å². The van der Waals surface area contributed by atoms with Crippen LogP contribution in [0.15, 0.2) is 24.3 Å². The summed E-state index contributed by atoms with van der Waals surface area (Å²) in [4.78, 5) is 2.22. The molecule has 1 heterocycles. The Bertz CT molecular complexity index is 518. The number of benzene rings is 1. The highest BCUT2D eigenvalue weighted by Gasteiger charge is 2.51. The van der Waals surface area contributed by atoms with Crippen molar-refractivity contribution in [1.29, 1.82) is 0 Å². The molecule has 2 aliphatic rings. The van der Waals surface area contributed by atoms with E-state index in [4.69, 9.17) is 0 Å². The van der Waals surface area contributed by atoms with Gasteiger partial charge in [0, 0.05) is 6.54 Å². The standard InChI is InChI=1S/C17H22F3NO/c1-12-10-16(12)6-8-21(9-7-16)11-15(22)13-2-4-14(5-3-13)17(18,19)20/h2-5,12,15,22H,6-11H2,1H3. The number of piperidine rings is 1. The Kier molecular flexibility index (Phi) is 3.98. The first-order valence-electron chi connectivity index (χ1n) is 7.88. The first kappa shape index (κ1) is 15.8. The summed E-state index contributed by atoms with van der Waals surface area (Å²) >= 11 is 0. The zero-order valence-electron chi connectivity index (χ0n) is 12.7. The predicted molar refractivity (Wildman–Crippen MR) is 78.3 cm³/mol. The minimum absolute atomic E-state index is 0.496. The van der Waals surface area contributed by atoms with Crippen LogP contribution in [-0.2, 0) is 6.18 Å². The molecule has 1 saturated carbocycles. The number of rotatable bonds is 3. The van der Waals surface area contributed by atoms with Gasteiger partial charge in [0.2, 0.25) is 0 Å². The van der Waals surface area contributed by atoms with Gasteiger partial charge in [-0.05, 0) is 61.4 Å². The van der Waals surface area contributed by atoms with E-state index in [9.17, 15) is 18.3 Å². The molecule has 1 N–H and O–H groups in total. The largest absolute Gasteiger partial charge is 0.416 e. The number of aliphatic hydroxyl groups excluding tert-OH is 1. The van der Waals surface area contributed by atoms with Gasteiger partial charge in [-0.15, -0.1) is 0 Å². The molecule has 1 aliphatic carbocycles. The van der Waals surface area contributed by atoms with E-state index in [-0.39, 0.29) is 0 Å². The maximum atomic E-state index is 12.5. The molecule has 0 amide bonds. The lowest BCUT2D eigenvalue weighted by Crippen LogP contribution is -2.37. The van der Waals surface area contributed by atoms with Crippen molar-refractivity contribution < 1.29 is 18.3 Å². The number of halogens is 3. The van der Waals surface area contributed by atoms with E-state index in [2.05, 4.69) is 11.8 Å². The van der Waals surface area contributed by atoms with Gasteiger partial charge < -0.3 is 10.0 Å². The van der Waals surface area contributed by atoms with E-state index >= 15 is 0 Å². The highest BCUT2D eigenvalue weighted by Crippen LogP contribution is 2.58. The second-order valence-electron chi connectivity index (χ2n) is 6.90. The smallest absolute Gasteiger partial charge is 0.387 e. The van der Waals surface area contributed by atoms with Gasteiger partial charge in [-0.1, -0.05) is 19.1 Å². The second kappa shape index (κ2) is 5.53. The molecule has 1 aromatic rings. The average Bonchev–Trinajstić information content (AvgIpc) is 3.10. The van der Waals surface area contributed by atoms with E-state index in [1.165, 1.54) is 31.4 Å². The van der Waals surface area contributed by atoms with Crippen molar-refractivity contribution in [3.05, 3.63) is 35.4 Å². The lowest BCUT2D eigenvalue weighted by molar-refractivity contribution is -0.137. The average molecular weight is 313 g/mol. The van der Waals surface area contributed by atoms with Crippen LogP contribution in [0.5, 0.6) is 0 Å². The Morgan fingerprint density at radius 1 is 1.23 bits per heavy atom. The number of hydrogen-bond acceptors (Lipinski definition) is 2. The van der Waals surface area contributed by atoms with Gasteiger partial charge >= 0.3 is 6.18 Å². The summed E-state index contributed by atoms with van der Waals surface area (Å²) in [6.45, 7) is 4.74. The summed E-state index contributed by atoms with van der Waals surface area (Å²) < 4.78 is 37.6. The van der Waals surface area contributed by atoms with Gasteiger partial charge in [0.15, 0.2) is 0 Å². The van der Waals surface area contributed by atoms with Crippen LogP contribution >= 0.6 is 0 Å². The van der Waals surface area contributed by atoms with Crippen LogP contribution in [0.3, 0.4) is 0 Å². The first-order chi connectivity index (χ1) is 10.3. The van der Waals surface area contributed by atoms with Crippen LogP contribution in [0.4, 0.5) is 13.2 Å². The lowest BCUT2D eigenvalue weighted by Gasteiger charge is -2.34. The molecule has 0 aromatic heterocycles. The number of likely N-dealkylation sites (tertiary alicyclic amines) is 1. The fourth-order valence-electron chi connectivity index (χ4n) is 3.67. The lowest BCUT2D eigenvalue weighted by atomic mass is 9.91. The van der Waals surface area contributed by atoms with Gasteiger partial charge in [0.25, 0.3) is 0 Å².